The van der Waals surface area contributed by atoms with Crippen molar-refractivity contribution in [3.8, 4) is 0 Å². The Morgan fingerprint density at radius 2 is 1.14 bits per heavy atom. The number of aliphatic carboxylic acids is 1. The molecule has 0 saturated heterocycles. The van der Waals surface area contributed by atoms with Gasteiger partial charge in [0, 0.05) is 25.9 Å². The Morgan fingerprint density at radius 1 is 0.690 bits per heavy atom. The molecule has 2 amide bonds. The number of hydrogen-bond acceptors (Lipinski definition) is 4. The van der Waals surface area contributed by atoms with E-state index in [1.165, 1.54) is 12.8 Å². The molecule has 0 bridgehead atoms. The summed E-state index contributed by atoms with van der Waals surface area (Å²) in [4.78, 5) is 33.7. The lowest BCUT2D eigenvalue weighted by Gasteiger charge is -2.19. The maximum absolute atomic E-state index is 11.8. The normalized spacial score (nSPS) is 11.1. The second kappa shape index (κ2) is 17.1. The number of rotatable bonds is 17. The second-order valence-corrected chi connectivity index (χ2v) is 8.56. The Morgan fingerprint density at radius 3 is 1.69 bits per heavy atom. The van der Waals surface area contributed by atoms with Crippen LogP contribution in [0.15, 0.2) is 0 Å². The van der Waals surface area contributed by atoms with Gasteiger partial charge in [0.25, 0.3) is 0 Å². The Kier molecular flexibility index (Phi) is 16.0. The van der Waals surface area contributed by atoms with E-state index < -0.39 is 17.7 Å². The zero-order chi connectivity index (χ0) is 22.0. The first kappa shape index (κ1) is 27.2. The fraction of sp³-hybridized carbons (Fsp3) is 0.864. The van der Waals surface area contributed by atoms with Gasteiger partial charge in [-0.3, -0.25) is 9.59 Å². The Bertz CT molecular complexity index is 461. The minimum atomic E-state index is -0.706. The number of carboxylic acid groups (broad SMARTS) is 1. The monoisotopic (exact) mass is 414 g/mol. The maximum atomic E-state index is 11.8. The molecular weight excluding hydrogens is 372 g/mol. The SMILES string of the molecule is CC(C)(C)OC(=O)NCCCCCC(=O)NCCCCCCCCCCC(=O)O. The third kappa shape index (κ3) is 22.4. The molecule has 0 aromatic rings. The van der Waals surface area contributed by atoms with Gasteiger partial charge in [-0.05, 0) is 46.5 Å². The highest BCUT2D eigenvalue weighted by Crippen LogP contribution is 2.10. The quantitative estimate of drug-likeness (QED) is 0.297. The summed E-state index contributed by atoms with van der Waals surface area (Å²) in [6.45, 7) is 6.80. The minimum absolute atomic E-state index is 0.100. The van der Waals surface area contributed by atoms with Crippen molar-refractivity contribution in [1.29, 1.82) is 0 Å². The summed E-state index contributed by atoms with van der Waals surface area (Å²) in [5, 5.41) is 14.2. The largest absolute Gasteiger partial charge is 0.481 e. The molecule has 170 valence electrons. The van der Waals surface area contributed by atoms with Crippen LogP contribution in [0.5, 0.6) is 0 Å². The van der Waals surface area contributed by atoms with Crippen molar-refractivity contribution in [2.75, 3.05) is 13.1 Å². The Balaban J connectivity index is 3.32. The fourth-order valence-corrected chi connectivity index (χ4v) is 2.87. The van der Waals surface area contributed by atoms with Gasteiger partial charge in [-0.1, -0.05) is 44.9 Å². The van der Waals surface area contributed by atoms with Crippen molar-refractivity contribution in [3.63, 3.8) is 0 Å². The van der Waals surface area contributed by atoms with E-state index in [4.69, 9.17) is 9.84 Å². The highest BCUT2D eigenvalue weighted by Gasteiger charge is 2.15. The molecule has 0 aromatic heterocycles. The predicted molar refractivity (Wildman–Crippen MR) is 115 cm³/mol. The molecule has 0 heterocycles. The lowest BCUT2D eigenvalue weighted by Crippen LogP contribution is -2.33. The third-order valence-corrected chi connectivity index (χ3v) is 4.39. The number of carbonyl (C=O) groups is 3. The van der Waals surface area contributed by atoms with Crippen LogP contribution in [0.4, 0.5) is 4.79 Å². The summed E-state index contributed by atoms with van der Waals surface area (Å²) in [5.74, 6) is -0.606. The second-order valence-electron chi connectivity index (χ2n) is 8.56. The Labute approximate surface area is 176 Å². The van der Waals surface area contributed by atoms with Crippen molar-refractivity contribution >= 4 is 18.0 Å². The van der Waals surface area contributed by atoms with E-state index in [-0.39, 0.29) is 12.3 Å². The summed E-state index contributed by atoms with van der Waals surface area (Å²) in [6, 6.07) is 0. The van der Waals surface area contributed by atoms with Gasteiger partial charge in [0.1, 0.15) is 5.60 Å². The summed E-state index contributed by atoms with van der Waals surface area (Å²) in [6.07, 6.45) is 11.5. The van der Waals surface area contributed by atoms with Gasteiger partial charge in [-0.15, -0.1) is 0 Å². The number of alkyl carbamates (subject to hydrolysis) is 1. The van der Waals surface area contributed by atoms with E-state index in [1.54, 1.807) is 0 Å². The molecule has 0 aromatic carbocycles. The molecule has 0 aliphatic rings. The topological polar surface area (TPSA) is 105 Å². The first-order chi connectivity index (χ1) is 13.7. The Hall–Kier alpha value is -1.79. The number of hydrogen-bond donors (Lipinski definition) is 3. The molecular formula is C22H42N2O5. The van der Waals surface area contributed by atoms with E-state index in [0.29, 0.717) is 13.0 Å². The smallest absolute Gasteiger partial charge is 0.407 e. The molecule has 0 rings (SSSR count). The molecule has 29 heavy (non-hydrogen) atoms. The van der Waals surface area contributed by atoms with Gasteiger partial charge in [0.15, 0.2) is 0 Å². The predicted octanol–water partition coefficient (Wildman–Crippen LogP) is 4.78. The molecule has 0 aliphatic heterocycles. The lowest BCUT2D eigenvalue weighted by atomic mass is 10.1. The van der Waals surface area contributed by atoms with Crippen molar-refractivity contribution in [2.45, 2.75) is 110 Å². The highest BCUT2D eigenvalue weighted by atomic mass is 16.6. The molecule has 0 unspecified atom stereocenters. The third-order valence-electron chi connectivity index (χ3n) is 4.39. The summed E-state index contributed by atoms with van der Waals surface area (Å²) >= 11 is 0. The van der Waals surface area contributed by atoms with Crippen LogP contribution in [0, 0.1) is 0 Å². The van der Waals surface area contributed by atoms with E-state index in [2.05, 4.69) is 10.6 Å². The van der Waals surface area contributed by atoms with Crippen LogP contribution in [0.2, 0.25) is 0 Å². The summed E-state index contributed by atoms with van der Waals surface area (Å²) in [5.41, 5.74) is -0.481. The number of carbonyl (C=O) groups excluding carboxylic acids is 2. The molecule has 0 spiro atoms. The highest BCUT2D eigenvalue weighted by molar-refractivity contribution is 5.75. The van der Waals surface area contributed by atoms with Gasteiger partial charge in [0.2, 0.25) is 5.91 Å². The molecule has 0 aliphatic carbocycles. The standard InChI is InChI=1S/C22H42N2O5/c1-22(2,3)29-21(28)24-18-14-10-11-15-19(25)23-17-13-9-7-5-4-6-8-12-16-20(26)27/h4-18H2,1-3H3,(H,23,25)(H,24,28)(H,26,27). The number of nitrogens with one attached hydrogen (secondary N) is 2. The zero-order valence-electron chi connectivity index (χ0n) is 18.7. The molecule has 0 fully saturated rings. The van der Waals surface area contributed by atoms with Crippen LogP contribution in [0.1, 0.15) is 104 Å². The van der Waals surface area contributed by atoms with Crippen LogP contribution < -0.4 is 10.6 Å². The first-order valence-corrected chi connectivity index (χ1v) is 11.2. The lowest BCUT2D eigenvalue weighted by molar-refractivity contribution is -0.137. The van der Waals surface area contributed by atoms with E-state index in [0.717, 1.165) is 64.3 Å². The summed E-state index contributed by atoms with van der Waals surface area (Å²) < 4.78 is 5.16. The molecule has 0 atom stereocenters. The van der Waals surface area contributed by atoms with Crippen molar-refractivity contribution < 1.29 is 24.2 Å². The van der Waals surface area contributed by atoms with Gasteiger partial charge in [-0.25, -0.2) is 4.79 Å². The first-order valence-electron chi connectivity index (χ1n) is 11.2. The number of amides is 2. The molecule has 7 heteroatoms. The van der Waals surface area contributed by atoms with Crippen LogP contribution >= 0.6 is 0 Å². The summed E-state index contributed by atoms with van der Waals surface area (Å²) in [7, 11) is 0. The van der Waals surface area contributed by atoms with Crippen LogP contribution in [0.3, 0.4) is 0 Å². The van der Waals surface area contributed by atoms with Gasteiger partial charge in [0.05, 0.1) is 0 Å². The minimum Gasteiger partial charge on any atom is -0.481 e. The average molecular weight is 415 g/mol. The van der Waals surface area contributed by atoms with Crippen LogP contribution in [-0.4, -0.2) is 41.8 Å². The number of carboxylic acids is 1. The number of unbranched alkanes of at least 4 members (excludes halogenated alkanes) is 9. The maximum Gasteiger partial charge on any atom is 0.407 e. The zero-order valence-corrected chi connectivity index (χ0v) is 18.7. The van der Waals surface area contributed by atoms with E-state index >= 15 is 0 Å². The van der Waals surface area contributed by atoms with E-state index in [9.17, 15) is 14.4 Å². The van der Waals surface area contributed by atoms with Crippen molar-refractivity contribution in [3.05, 3.63) is 0 Å². The van der Waals surface area contributed by atoms with Crippen molar-refractivity contribution in [2.24, 2.45) is 0 Å². The van der Waals surface area contributed by atoms with Crippen molar-refractivity contribution in [1.82, 2.24) is 10.6 Å². The molecule has 3 N–H and O–H groups in total. The van der Waals surface area contributed by atoms with E-state index in [1.807, 2.05) is 20.8 Å². The van der Waals surface area contributed by atoms with Gasteiger partial charge in [-0.2, -0.15) is 0 Å². The van der Waals surface area contributed by atoms with Crippen LogP contribution in [-0.2, 0) is 14.3 Å². The molecule has 0 saturated carbocycles. The average Bonchev–Trinajstić information content (AvgIpc) is 2.60. The molecule has 0 radical (unpaired) electrons. The van der Waals surface area contributed by atoms with Gasteiger partial charge >= 0.3 is 12.1 Å². The number of ether oxygens (including phenoxy) is 1. The fourth-order valence-electron chi connectivity index (χ4n) is 2.87. The van der Waals surface area contributed by atoms with Gasteiger partial charge < -0.3 is 20.5 Å². The van der Waals surface area contributed by atoms with Crippen LogP contribution in [0.25, 0.3) is 0 Å². The molecule has 7 nitrogen and oxygen atoms in total.